The predicted octanol–water partition coefficient (Wildman–Crippen LogP) is 0.671. The number of amides is 2. The van der Waals surface area contributed by atoms with Crippen molar-refractivity contribution in [1.29, 1.82) is 0 Å². The molecule has 0 aliphatic rings. The molecule has 0 aliphatic carbocycles. The summed E-state index contributed by atoms with van der Waals surface area (Å²) >= 11 is 2.05. The molecule has 0 aliphatic heterocycles. The minimum Gasteiger partial charge on any atom is -0.480 e. The van der Waals surface area contributed by atoms with Crippen LogP contribution in [0.3, 0.4) is 0 Å². The van der Waals surface area contributed by atoms with Gasteiger partial charge in [-0.15, -0.1) is 0 Å². The zero-order chi connectivity index (χ0) is 15.3. The number of rotatable bonds is 6. The number of hydrogen-bond donors (Lipinski definition) is 3. The fourth-order valence-corrected chi connectivity index (χ4v) is 2.07. The number of aromatic amines is 1. The lowest BCUT2D eigenvalue weighted by atomic mass is 10.2. The molecule has 20 heavy (non-hydrogen) atoms. The fraction of sp³-hybridized carbons (Fsp3) is 0.417. The zero-order valence-corrected chi connectivity index (χ0v) is 13.3. The summed E-state index contributed by atoms with van der Waals surface area (Å²) in [5.74, 6) is -1.73. The van der Waals surface area contributed by atoms with Crippen LogP contribution in [-0.4, -0.2) is 51.9 Å². The minimum absolute atomic E-state index is 0.126. The summed E-state index contributed by atoms with van der Waals surface area (Å²) in [6.45, 7) is 3.13. The van der Waals surface area contributed by atoms with Gasteiger partial charge in [0.25, 0.3) is 5.91 Å². The van der Waals surface area contributed by atoms with Crippen LogP contribution in [0.1, 0.15) is 24.3 Å². The number of H-pyrrole nitrogens is 1. The third-order valence-corrected chi connectivity index (χ3v) is 3.31. The molecule has 1 heterocycles. The minimum atomic E-state index is -1.09. The van der Waals surface area contributed by atoms with E-state index in [9.17, 15) is 14.4 Å². The molecule has 0 saturated carbocycles. The third kappa shape index (κ3) is 4.51. The van der Waals surface area contributed by atoms with Crippen LogP contribution in [-0.2, 0) is 9.59 Å². The molecule has 110 valence electrons. The SMILES string of the molecule is CC(=O)NCCN(C(=O)c1cc(I)c[nH]1)C(C)C(=O)O. The van der Waals surface area contributed by atoms with E-state index in [4.69, 9.17) is 5.11 Å². The van der Waals surface area contributed by atoms with E-state index in [1.165, 1.54) is 18.7 Å². The lowest BCUT2D eigenvalue weighted by Gasteiger charge is -2.26. The molecule has 0 radical (unpaired) electrons. The van der Waals surface area contributed by atoms with Crippen LogP contribution in [0, 0.1) is 3.57 Å². The molecule has 0 bridgehead atoms. The summed E-state index contributed by atoms with van der Waals surface area (Å²) in [6, 6.07) is 0.667. The van der Waals surface area contributed by atoms with Gasteiger partial charge in [-0.05, 0) is 35.6 Å². The lowest BCUT2D eigenvalue weighted by Crippen LogP contribution is -2.46. The number of carboxylic acid groups (broad SMARTS) is 1. The van der Waals surface area contributed by atoms with Crippen molar-refractivity contribution in [3.63, 3.8) is 0 Å². The number of aliphatic carboxylic acids is 1. The average Bonchev–Trinajstić information content (AvgIpc) is 2.79. The first-order chi connectivity index (χ1) is 9.32. The van der Waals surface area contributed by atoms with E-state index < -0.39 is 17.9 Å². The fourth-order valence-electron chi connectivity index (χ4n) is 1.60. The summed E-state index contributed by atoms with van der Waals surface area (Å²) in [5.41, 5.74) is 0.324. The largest absolute Gasteiger partial charge is 0.480 e. The van der Waals surface area contributed by atoms with Gasteiger partial charge in [0.15, 0.2) is 0 Å². The Bertz CT molecular complexity index is 515. The second-order valence-corrected chi connectivity index (χ2v) is 5.47. The van der Waals surface area contributed by atoms with Crippen LogP contribution >= 0.6 is 22.6 Å². The molecule has 7 nitrogen and oxygen atoms in total. The van der Waals surface area contributed by atoms with Crippen LogP contribution < -0.4 is 5.32 Å². The van der Waals surface area contributed by atoms with Crippen molar-refractivity contribution in [1.82, 2.24) is 15.2 Å². The van der Waals surface area contributed by atoms with Crippen molar-refractivity contribution in [2.24, 2.45) is 0 Å². The second-order valence-electron chi connectivity index (χ2n) is 4.23. The van der Waals surface area contributed by atoms with E-state index in [1.807, 2.05) is 0 Å². The van der Waals surface area contributed by atoms with Gasteiger partial charge in [0.1, 0.15) is 11.7 Å². The Morgan fingerprint density at radius 3 is 2.60 bits per heavy atom. The van der Waals surface area contributed by atoms with Crippen LogP contribution in [0.15, 0.2) is 12.3 Å². The van der Waals surface area contributed by atoms with Gasteiger partial charge in [0, 0.05) is 29.8 Å². The number of halogens is 1. The predicted molar refractivity (Wildman–Crippen MR) is 80.3 cm³/mol. The summed E-state index contributed by atoms with van der Waals surface area (Å²) in [5, 5.41) is 11.6. The van der Waals surface area contributed by atoms with Crippen molar-refractivity contribution in [3.8, 4) is 0 Å². The molecule has 3 N–H and O–H groups in total. The van der Waals surface area contributed by atoms with E-state index in [0.29, 0.717) is 5.69 Å². The molecule has 0 spiro atoms. The molecule has 1 unspecified atom stereocenters. The maximum atomic E-state index is 12.3. The standard InChI is InChI=1S/C12H16IN3O4/c1-7(12(19)20)16(4-3-14-8(2)17)11(18)10-5-9(13)6-15-10/h5-7,15H,3-4H2,1-2H3,(H,14,17)(H,19,20). The summed E-state index contributed by atoms with van der Waals surface area (Å²) in [6.07, 6.45) is 1.66. The van der Waals surface area contributed by atoms with Gasteiger partial charge in [-0.3, -0.25) is 9.59 Å². The van der Waals surface area contributed by atoms with Gasteiger partial charge >= 0.3 is 5.97 Å². The summed E-state index contributed by atoms with van der Waals surface area (Å²) in [4.78, 5) is 38.2. The molecular formula is C12H16IN3O4. The van der Waals surface area contributed by atoms with Crippen molar-refractivity contribution < 1.29 is 19.5 Å². The first kappa shape index (κ1) is 16.5. The van der Waals surface area contributed by atoms with E-state index in [2.05, 4.69) is 32.9 Å². The Hall–Kier alpha value is -1.58. The number of nitrogens with zero attached hydrogens (tertiary/aromatic N) is 1. The number of carbonyl (C=O) groups excluding carboxylic acids is 2. The first-order valence-corrected chi connectivity index (χ1v) is 7.03. The van der Waals surface area contributed by atoms with Crippen molar-refractivity contribution in [2.45, 2.75) is 19.9 Å². The van der Waals surface area contributed by atoms with Gasteiger partial charge in [0.2, 0.25) is 5.91 Å². The number of hydrogen-bond acceptors (Lipinski definition) is 3. The highest BCUT2D eigenvalue weighted by atomic mass is 127. The molecule has 0 aromatic carbocycles. The number of nitrogens with one attached hydrogen (secondary N) is 2. The van der Waals surface area contributed by atoms with Crippen LogP contribution in [0.4, 0.5) is 0 Å². The van der Waals surface area contributed by atoms with E-state index in [0.717, 1.165) is 3.57 Å². The summed E-state index contributed by atoms with van der Waals surface area (Å²) in [7, 11) is 0. The second kappa shape index (κ2) is 7.27. The zero-order valence-electron chi connectivity index (χ0n) is 11.1. The Labute approximate surface area is 129 Å². The molecule has 2 amide bonds. The Morgan fingerprint density at radius 2 is 2.15 bits per heavy atom. The van der Waals surface area contributed by atoms with Gasteiger partial charge in [-0.1, -0.05) is 0 Å². The highest BCUT2D eigenvalue weighted by Gasteiger charge is 2.26. The Morgan fingerprint density at radius 1 is 1.50 bits per heavy atom. The van der Waals surface area contributed by atoms with Crippen LogP contribution in [0.25, 0.3) is 0 Å². The van der Waals surface area contributed by atoms with Crippen molar-refractivity contribution >= 4 is 40.4 Å². The molecule has 1 aromatic heterocycles. The maximum Gasteiger partial charge on any atom is 0.326 e. The van der Waals surface area contributed by atoms with E-state index in [-0.39, 0.29) is 19.0 Å². The highest BCUT2D eigenvalue weighted by molar-refractivity contribution is 14.1. The van der Waals surface area contributed by atoms with Gasteiger partial charge in [0.05, 0.1) is 0 Å². The first-order valence-electron chi connectivity index (χ1n) is 5.95. The van der Waals surface area contributed by atoms with Crippen molar-refractivity contribution in [2.75, 3.05) is 13.1 Å². The average molecular weight is 393 g/mol. The van der Waals surface area contributed by atoms with Crippen LogP contribution in [0.2, 0.25) is 0 Å². The number of carboxylic acids is 1. The van der Waals surface area contributed by atoms with Gasteiger partial charge in [-0.2, -0.15) is 0 Å². The quantitative estimate of drug-likeness (QED) is 0.619. The van der Waals surface area contributed by atoms with E-state index >= 15 is 0 Å². The maximum absolute atomic E-state index is 12.3. The smallest absolute Gasteiger partial charge is 0.326 e. The topological polar surface area (TPSA) is 103 Å². The molecule has 0 fully saturated rings. The van der Waals surface area contributed by atoms with E-state index in [1.54, 1.807) is 12.3 Å². The van der Waals surface area contributed by atoms with Gasteiger partial charge in [-0.25, -0.2) is 4.79 Å². The normalized spacial score (nSPS) is 11.8. The summed E-state index contributed by atoms with van der Waals surface area (Å²) < 4.78 is 0.857. The molecule has 0 saturated heterocycles. The van der Waals surface area contributed by atoms with Crippen molar-refractivity contribution in [3.05, 3.63) is 21.5 Å². The number of carbonyl (C=O) groups is 3. The molecule has 1 rings (SSSR count). The molecular weight excluding hydrogens is 377 g/mol. The molecule has 8 heteroatoms. The lowest BCUT2D eigenvalue weighted by molar-refractivity contribution is -0.141. The highest BCUT2D eigenvalue weighted by Crippen LogP contribution is 2.11. The third-order valence-electron chi connectivity index (χ3n) is 2.69. The molecule has 1 atom stereocenters. The number of aromatic nitrogens is 1. The molecule has 1 aromatic rings. The Balaban J connectivity index is 2.83. The monoisotopic (exact) mass is 393 g/mol. The Kier molecular flexibility index (Phi) is 5.99. The van der Waals surface area contributed by atoms with Crippen LogP contribution in [0.5, 0.6) is 0 Å². The van der Waals surface area contributed by atoms with Gasteiger partial charge < -0.3 is 20.3 Å².